The molecule has 1 aliphatic carbocycles. The van der Waals surface area contributed by atoms with Gasteiger partial charge in [-0.25, -0.2) is 13.4 Å². The molecule has 1 aromatic carbocycles. The molecule has 0 radical (unpaired) electrons. The fraction of sp³-hybridized carbons (Fsp3) is 0.640. The molecule has 3 rings (SSSR count). The van der Waals surface area contributed by atoms with E-state index in [0.717, 1.165) is 57.3 Å². The van der Waals surface area contributed by atoms with E-state index in [0.29, 0.717) is 16.7 Å². The van der Waals surface area contributed by atoms with Crippen molar-refractivity contribution in [2.45, 2.75) is 82.5 Å². The first kappa shape index (κ1) is 26.5. The quantitative estimate of drug-likeness (QED) is 0.362. The first-order chi connectivity index (χ1) is 16.0. The standard InChI is InChI=1S/C25H39N3O5S/c1-18(25(2,3)4)27-24(33-26)28-16-14-22(15-17-28)32-20-8-6-19(7-9-20)31-21-10-12-23(13-11-21)34(5,29)30/h10-13,19-20,22H,1,6-9,14-17,26H2,2-5H3/b27-24-/t19-,20-. The van der Waals surface area contributed by atoms with Gasteiger partial charge >= 0.3 is 6.02 Å². The molecule has 190 valence electrons. The molecule has 9 heteroatoms. The minimum atomic E-state index is -3.19. The Balaban J connectivity index is 1.41. The molecular weight excluding hydrogens is 454 g/mol. The molecule has 1 aromatic rings. The van der Waals surface area contributed by atoms with Gasteiger partial charge in [0.25, 0.3) is 0 Å². The second-order valence-electron chi connectivity index (χ2n) is 10.3. The van der Waals surface area contributed by atoms with Crippen molar-refractivity contribution in [3.05, 3.63) is 36.5 Å². The highest BCUT2D eigenvalue weighted by atomic mass is 32.2. The van der Waals surface area contributed by atoms with Gasteiger partial charge in [-0.2, -0.15) is 5.90 Å². The van der Waals surface area contributed by atoms with Crippen molar-refractivity contribution in [1.82, 2.24) is 4.90 Å². The van der Waals surface area contributed by atoms with Gasteiger partial charge in [0.15, 0.2) is 9.84 Å². The van der Waals surface area contributed by atoms with Crippen molar-refractivity contribution in [2.75, 3.05) is 19.3 Å². The number of rotatable bonds is 6. The summed E-state index contributed by atoms with van der Waals surface area (Å²) >= 11 is 0. The van der Waals surface area contributed by atoms with Crippen molar-refractivity contribution >= 4 is 15.9 Å². The molecule has 1 saturated carbocycles. The van der Waals surface area contributed by atoms with Crippen molar-refractivity contribution in [3.63, 3.8) is 0 Å². The van der Waals surface area contributed by atoms with Gasteiger partial charge in [0.05, 0.1) is 23.2 Å². The smallest absolute Gasteiger partial charge is 0.311 e. The predicted octanol–water partition coefficient (Wildman–Crippen LogP) is 4.07. The summed E-state index contributed by atoms with van der Waals surface area (Å²) in [6, 6.07) is 7.06. The Labute approximate surface area is 204 Å². The molecule has 2 aliphatic rings. The number of piperidine rings is 1. The lowest BCUT2D eigenvalue weighted by Crippen LogP contribution is -2.44. The maximum absolute atomic E-state index is 11.6. The number of sulfone groups is 1. The minimum Gasteiger partial charge on any atom is -0.490 e. The van der Waals surface area contributed by atoms with Gasteiger partial charge in [0.1, 0.15) is 5.75 Å². The van der Waals surface area contributed by atoms with E-state index in [1.165, 1.54) is 6.26 Å². The minimum absolute atomic E-state index is 0.127. The molecule has 2 N–H and O–H groups in total. The van der Waals surface area contributed by atoms with Gasteiger partial charge < -0.3 is 19.2 Å². The second kappa shape index (κ2) is 11.1. The molecule has 0 unspecified atom stereocenters. The molecule has 34 heavy (non-hydrogen) atoms. The van der Waals surface area contributed by atoms with Crippen LogP contribution in [0.1, 0.15) is 59.3 Å². The van der Waals surface area contributed by atoms with Gasteiger partial charge in [0, 0.05) is 30.5 Å². The van der Waals surface area contributed by atoms with E-state index in [1.54, 1.807) is 24.3 Å². The van der Waals surface area contributed by atoms with Gasteiger partial charge in [-0.1, -0.05) is 27.4 Å². The van der Waals surface area contributed by atoms with Gasteiger partial charge in [-0.05, 0) is 62.8 Å². The zero-order valence-corrected chi connectivity index (χ0v) is 21.6. The highest BCUT2D eigenvalue weighted by Gasteiger charge is 2.29. The summed E-state index contributed by atoms with van der Waals surface area (Å²) in [5.41, 5.74) is 0.588. The van der Waals surface area contributed by atoms with Gasteiger partial charge in [-0.3, -0.25) is 0 Å². The van der Waals surface area contributed by atoms with Crippen LogP contribution in [0.4, 0.5) is 0 Å². The van der Waals surface area contributed by atoms with Crippen LogP contribution in [-0.2, 0) is 19.4 Å². The van der Waals surface area contributed by atoms with Crippen LogP contribution in [0.25, 0.3) is 0 Å². The number of benzene rings is 1. The summed E-state index contributed by atoms with van der Waals surface area (Å²) < 4.78 is 35.7. The number of likely N-dealkylation sites (tertiary alicyclic amines) is 1. The summed E-state index contributed by atoms with van der Waals surface area (Å²) in [5.74, 6) is 6.20. The fourth-order valence-electron chi connectivity index (χ4n) is 4.15. The van der Waals surface area contributed by atoms with Crippen LogP contribution >= 0.6 is 0 Å². The Morgan fingerprint density at radius 3 is 2.03 bits per heavy atom. The number of hydrogen-bond acceptors (Lipinski definition) is 7. The topological polar surface area (TPSA) is 103 Å². The van der Waals surface area contributed by atoms with E-state index < -0.39 is 9.84 Å². The van der Waals surface area contributed by atoms with E-state index in [4.69, 9.17) is 20.2 Å². The number of hydrogen-bond donors (Lipinski definition) is 1. The number of allylic oxidation sites excluding steroid dienone is 1. The maximum Gasteiger partial charge on any atom is 0.311 e. The maximum atomic E-state index is 11.6. The van der Waals surface area contributed by atoms with E-state index in [9.17, 15) is 8.42 Å². The third kappa shape index (κ3) is 7.45. The zero-order chi connectivity index (χ0) is 24.9. The van der Waals surface area contributed by atoms with Crippen molar-refractivity contribution in [1.29, 1.82) is 0 Å². The Kier molecular flexibility index (Phi) is 8.65. The van der Waals surface area contributed by atoms with Crippen LogP contribution in [0.3, 0.4) is 0 Å². The summed E-state index contributed by atoms with van der Waals surface area (Å²) in [4.78, 5) is 11.9. The molecule has 0 atom stereocenters. The summed E-state index contributed by atoms with van der Waals surface area (Å²) in [5, 5.41) is 0. The lowest BCUT2D eigenvalue weighted by Gasteiger charge is -2.36. The SMILES string of the molecule is C=C(/N=C(\ON)N1CCC(O[C@H]2CC[C@H](Oc3ccc(S(C)(=O)=O)cc3)CC2)CC1)C(C)(C)C. The average Bonchev–Trinajstić information content (AvgIpc) is 2.78. The Morgan fingerprint density at radius 2 is 1.53 bits per heavy atom. The number of ether oxygens (including phenoxy) is 2. The number of nitrogens with zero attached hydrogens (tertiary/aromatic N) is 2. The average molecular weight is 494 g/mol. The summed E-state index contributed by atoms with van der Waals surface area (Å²) in [6.45, 7) is 11.8. The van der Waals surface area contributed by atoms with Gasteiger partial charge in [-0.15, -0.1) is 0 Å². The molecule has 1 saturated heterocycles. The second-order valence-corrected chi connectivity index (χ2v) is 12.3. The van der Waals surface area contributed by atoms with Crippen molar-refractivity contribution in [2.24, 2.45) is 16.3 Å². The highest BCUT2D eigenvalue weighted by molar-refractivity contribution is 7.90. The monoisotopic (exact) mass is 493 g/mol. The van der Waals surface area contributed by atoms with Crippen LogP contribution in [0.5, 0.6) is 5.75 Å². The van der Waals surface area contributed by atoms with Gasteiger partial charge in [0.2, 0.25) is 0 Å². The van der Waals surface area contributed by atoms with Crippen LogP contribution in [-0.4, -0.2) is 57.0 Å². The third-order valence-electron chi connectivity index (χ3n) is 6.48. The first-order valence-electron chi connectivity index (χ1n) is 12.0. The highest BCUT2D eigenvalue weighted by Crippen LogP contribution is 2.29. The normalized spacial score (nSPS) is 23.0. The molecule has 2 fully saturated rings. The molecule has 0 bridgehead atoms. The fourth-order valence-corrected chi connectivity index (χ4v) is 4.78. The lowest BCUT2D eigenvalue weighted by molar-refractivity contribution is -0.0627. The Hall–Kier alpha value is -2.10. The molecule has 0 spiro atoms. The van der Waals surface area contributed by atoms with Crippen molar-refractivity contribution < 1.29 is 22.7 Å². The number of aliphatic imine (C=N–C) groups is 1. The van der Waals surface area contributed by atoms with Crippen LogP contribution in [0, 0.1) is 5.41 Å². The van der Waals surface area contributed by atoms with Crippen molar-refractivity contribution in [3.8, 4) is 5.75 Å². The largest absolute Gasteiger partial charge is 0.490 e. The van der Waals surface area contributed by atoms with Crippen LogP contribution in [0.15, 0.2) is 46.4 Å². The molecule has 0 amide bonds. The first-order valence-corrected chi connectivity index (χ1v) is 13.9. The van der Waals surface area contributed by atoms with Crippen LogP contribution < -0.4 is 10.6 Å². The number of amidine groups is 1. The summed E-state index contributed by atoms with van der Waals surface area (Å²) in [6.07, 6.45) is 7.33. The molecular formula is C25H39N3O5S. The molecule has 1 aliphatic heterocycles. The summed E-state index contributed by atoms with van der Waals surface area (Å²) in [7, 11) is -3.19. The molecule has 8 nitrogen and oxygen atoms in total. The van der Waals surface area contributed by atoms with Crippen LogP contribution in [0.2, 0.25) is 0 Å². The lowest BCUT2D eigenvalue weighted by atomic mass is 9.93. The third-order valence-corrected chi connectivity index (χ3v) is 7.60. The van der Waals surface area contributed by atoms with E-state index in [2.05, 4.69) is 37.2 Å². The Bertz CT molecular complexity index is 953. The van der Waals surface area contributed by atoms with E-state index in [-0.39, 0.29) is 23.7 Å². The molecule has 1 heterocycles. The zero-order valence-electron chi connectivity index (χ0n) is 20.8. The van der Waals surface area contributed by atoms with E-state index in [1.807, 2.05) is 0 Å². The Morgan fingerprint density at radius 1 is 1.00 bits per heavy atom. The molecule has 0 aromatic heterocycles. The number of nitrogens with two attached hydrogens (primary N) is 1. The van der Waals surface area contributed by atoms with E-state index >= 15 is 0 Å². The predicted molar refractivity (Wildman–Crippen MR) is 133 cm³/mol.